The Morgan fingerprint density at radius 2 is 2.10 bits per heavy atom. The van der Waals surface area contributed by atoms with Gasteiger partial charge in [0.05, 0.1) is 5.69 Å². The molecule has 1 aromatic heterocycles. The van der Waals surface area contributed by atoms with Gasteiger partial charge in [-0.2, -0.15) is 5.10 Å². The van der Waals surface area contributed by atoms with Crippen LogP contribution in [0.1, 0.15) is 29.5 Å². The van der Waals surface area contributed by atoms with E-state index in [1.54, 1.807) is 22.9 Å². The lowest BCUT2D eigenvalue weighted by molar-refractivity contribution is 0.0929. The Morgan fingerprint density at radius 1 is 1.43 bits per heavy atom. The molecule has 1 aromatic carbocycles. The molecule has 0 fully saturated rings. The summed E-state index contributed by atoms with van der Waals surface area (Å²) in [5.41, 5.74) is 1.76. The van der Waals surface area contributed by atoms with Crippen molar-refractivity contribution in [1.82, 2.24) is 15.1 Å². The number of nitrogens with zero attached hydrogens (tertiary/aromatic N) is 2. The molecule has 5 nitrogen and oxygen atoms in total. The number of nitrogens with one attached hydrogen (secondary N) is 1. The van der Waals surface area contributed by atoms with Gasteiger partial charge in [0.2, 0.25) is 0 Å². The Hall–Kier alpha value is -2.21. The highest BCUT2D eigenvalue weighted by Crippen LogP contribution is 2.13. The zero-order valence-corrected chi connectivity index (χ0v) is 12.0. The molecule has 2 aromatic rings. The number of halogens is 1. The molecule has 1 amide bonds. The van der Waals surface area contributed by atoms with Crippen LogP contribution in [0, 0.1) is 12.7 Å². The fourth-order valence-corrected chi connectivity index (χ4v) is 1.99. The smallest absolute Gasteiger partial charge is 0.272 e. The SMILES string of the molecule is Cc1cc(C(=O)NC(C)CCO)nn1-c1ccc(F)cc1. The Morgan fingerprint density at radius 3 is 2.71 bits per heavy atom. The van der Waals surface area contributed by atoms with Crippen LogP contribution in [-0.2, 0) is 0 Å². The number of carbonyl (C=O) groups excluding carboxylic acids is 1. The van der Waals surface area contributed by atoms with Crippen LogP contribution < -0.4 is 5.32 Å². The van der Waals surface area contributed by atoms with Crippen molar-refractivity contribution >= 4 is 5.91 Å². The van der Waals surface area contributed by atoms with E-state index >= 15 is 0 Å². The highest BCUT2D eigenvalue weighted by atomic mass is 19.1. The number of aromatic nitrogens is 2. The molecule has 1 heterocycles. The van der Waals surface area contributed by atoms with Crippen LogP contribution in [-0.4, -0.2) is 33.4 Å². The van der Waals surface area contributed by atoms with E-state index in [4.69, 9.17) is 5.11 Å². The van der Waals surface area contributed by atoms with Gasteiger partial charge in [0, 0.05) is 18.3 Å². The normalized spacial score (nSPS) is 12.2. The quantitative estimate of drug-likeness (QED) is 0.883. The van der Waals surface area contributed by atoms with Gasteiger partial charge in [-0.1, -0.05) is 0 Å². The van der Waals surface area contributed by atoms with Gasteiger partial charge in [-0.05, 0) is 50.6 Å². The van der Waals surface area contributed by atoms with E-state index in [0.717, 1.165) is 5.69 Å². The fraction of sp³-hybridized carbons (Fsp3) is 0.333. The van der Waals surface area contributed by atoms with Crippen LogP contribution in [0.3, 0.4) is 0 Å². The molecule has 112 valence electrons. The third-order valence-electron chi connectivity index (χ3n) is 3.13. The van der Waals surface area contributed by atoms with Gasteiger partial charge in [0.25, 0.3) is 5.91 Å². The summed E-state index contributed by atoms with van der Waals surface area (Å²) in [4.78, 5) is 12.1. The first kappa shape index (κ1) is 15.2. The van der Waals surface area contributed by atoms with Crippen molar-refractivity contribution in [2.45, 2.75) is 26.3 Å². The topological polar surface area (TPSA) is 67.2 Å². The summed E-state index contributed by atoms with van der Waals surface area (Å²) < 4.78 is 14.5. The minimum atomic E-state index is -0.320. The molecule has 6 heteroatoms. The molecule has 0 aliphatic rings. The third kappa shape index (κ3) is 3.66. The maximum atomic E-state index is 12.9. The number of rotatable bonds is 5. The summed E-state index contributed by atoms with van der Waals surface area (Å²) in [7, 11) is 0. The Balaban J connectivity index is 2.19. The van der Waals surface area contributed by atoms with Crippen molar-refractivity contribution in [3.05, 3.63) is 47.5 Å². The van der Waals surface area contributed by atoms with E-state index in [-0.39, 0.29) is 24.4 Å². The van der Waals surface area contributed by atoms with E-state index in [9.17, 15) is 9.18 Å². The van der Waals surface area contributed by atoms with Crippen molar-refractivity contribution in [1.29, 1.82) is 0 Å². The maximum absolute atomic E-state index is 12.9. The minimum absolute atomic E-state index is 0.0183. The number of carbonyl (C=O) groups is 1. The molecule has 0 saturated carbocycles. The average molecular weight is 291 g/mol. The molecule has 1 unspecified atom stereocenters. The summed E-state index contributed by atoms with van der Waals surface area (Å²) in [5.74, 6) is -0.612. The second-order valence-electron chi connectivity index (χ2n) is 4.95. The monoisotopic (exact) mass is 291 g/mol. The lowest BCUT2D eigenvalue weighted by Crippen LogP contribution is -2.33. The number of hydrogen-bond acceptors (Lipinski definition) is 3. The number of hydrogen-bond donors (Lipinski definition) is 2. The van der Waals surface area contributed by atoms with E-state index in [0.29, 0.717) is 17.8 Å². The molecular weight excluding hydrogens is 273 g/mol. The average Bonchev–Trinajstić information content (AvgIpc) is 2.82. The third-order valence-corrected chi connectivity index (χ3v) is 3.13. The lowest BCUT2D eigenvalue weighted by atomic mass is 10.2. The van der Waals surface area contributed by atoms with E-state index < -0.39 is 0 Å². The van der Waals surface area contributed by atoms with Crippen molar-refractivity contribution in [2.75, 3.05) is 6.61 Å². The molecule has 0 saturated heterocycles. The molecule has 0 radical (unpaired) electrons. The van der Waals surface area contributed by atoms with Gasteiger partial charge in [-0.25, -0.2) is 9.07 Å². The molecule has 21 heavy (non-hydrogen) atoms. The number of benzene rings is 1. The van der Waals surface area contributed by atoms with Crippen LogP contribution in [0.2, 0.25) is 0 Å². The Bertz CT molecular complexity index is 622. The second kappa shape index (κ2) is 6.49. The number of aliphatic hydroxyl groups is 1. The van der Waals surface area contributed by atoms with Gasteiger partial charge < -0.3 is 10.4 Å². The maximum Gasteiger partial charge on any atom is 0.272 e. The molecule has 2 rings (SSSR count). The van der Waals surface area contributed by atoms with Crippen LogP contribution in [0.5, 0.6) is 0 Å². The van der Waals surface area contributed by atoms with Crippen molar-refractivity contribution in [2.24, 2.45) is 0 Å². The number of aliphatic hydroxyl groups excluding tert-OH is 1. The van der Waals surface area contributed by atoms with Gasteiger partial charge in [-0.3, -0.25) is 4.79 Å². The summed E-state index contributed by atoms with van der Waals surface area (Å²) >= 11 is 0. The second-order valence-corrected chi connectivity index (χ2v) is 4.95. The molecule has 0 spiro atoms. The van der Waals surface area contributed by atoms with Gasteiger partial charge >= 0.3 is 0 Å². The standard InChI is InChI=1S/C15H18FN3O2/c1-10(7-8-20)17-15(21)14-9-11(2)19(18-14)13-5-3-12(16)4-6-13/h3-6,9-10,20H,7-8H2,1-2H3,(H,17,21). The molecule has 1 atom stereocenters. The van der Waals surface area contributed by atoms with E-state index in [1.165, 1.54) is 12.1 Å². The summed E-state index contributed by atoms with van der Waals surface area (Å²) in [6.45, 7) is 3.66. The van der Waals surface area contributed by atoms with E-state index in [2.05, 4.69) is 10.4 Å². The Kier molecular flexibility index (Phi) is 4.70. The fourth-order valence-electron chi connectivity index (χ4n) is 1.99. The predicted octanol–water partition coefficient (Wildman–Crippen LogP) is 1.82. The summed E-state index contributed by atoms with van der Waals surface area (Å²) in [6, 6.07) is 7.44. The highest BCUT2D eigenvalue weighted by Gasteiger charge is 2.15. The summed E-state index contributed by atoms with van der Waals surface area (Å²) in [6.07, 6.45) is 0.489. The highest BCUT2D eigenvalue weighted by molar-refractivity contribution is 5.92. The first-order chi connectivity index (χ1) is 10.0. The zero-order chi connectivity index (χ0) is 15.4. The molecule has 2 N–H and O–H groups in total. The number of aryl methyl sites for hydroxylation is 1. The van der Waals surface area contributed by atoms with Crippen LogP contribution >= 0.6 is 0 Å². The van der Waals surface area contributed by atoms with Crippen LogP contribution in [0.4, 0.5) is 4.39 Å². The first-order valence-electron chi connectivity index (χ1n) is 6.75. The Labute approximate surface area is 122 Å². The van der Waals surface area contributed by atoms with Crippen molar-refractivity contribution in [3.63, 3.8) is 0 Å². The van der Waals surface area contributed by atoms with Crippen molar-refractivity contribution < 1.29 is 14.3 Å². The van der Waals surface area contributed by atoms with Gasteiger partial charge in [0.1, 0.15) is 5.82 Å². The van der Waals surface area contributed by atoms with Gasteiger partial charge in [-0.15, -0.1) is 0 Å². The van der Waals surface area contributed by atoms with E-state index in [1.807, 2.05) is 13.8 Å². The van der Waals surface area contributed by atoms with Crippen molar-refractivity contribution in [3.8, 4) is 5.69 Å². The van der Waals surface area contributed by atoms with Crippen LogP contribution in [0.15, 0.2) is 30.3 Å². The first-order valence-corrected chi connectivity index (χ1v) is 6.75. The lowest BCUT2D eigenvalue weighted by Gasteiger charge is -2.10. The van der Waals surface area contributed by atoms with Gasteiger partial charge in [0.15, 0.2) is 5.69 Å². The summed E-state index contributed by atoms with van der Waals surface area (Å²) in [5, 5.41) is 15.8. The molecule has 0 aliphatic heterocycles. The predicted molar refractivity (Wildman–Crippen MR) is 76.9 cm³/mol. The molecular formula is C15H18FN3O2. The molecule has 0 bridgehead atoms. The largest absolute Gasteiger partial charge is 0.396 e. The zero-order valence-electron chi connectivity index (χ0n) is 12.0. The number of amides is 1. The molecule has 0 aliphatic carbocycles. The minimum Gasteiger partial charge on any atom is -0.396 e. The van der Waals surface area contributed by atoms with Crippen LogP contribution in [0.25, 0.3) is 5.69 Å².